The van der Waals surface area contributed by atoms with Crippen LogP contribution in [0.25, 0.3) is 0 Å². The van der Waals surface area contributed by atoms with Crippen LogP contribution in [-0.4, -0.2) is 74.0 Å². The Morgan fingerprint density at radius 1 is 1.13 bits per heavy atom. The van der Waals surface area contributed by atoms with Crippen molar-refractivity contribution in [1.82, 2.24) is 14.5 Å². The minimum atomic E-state index is -0.963. The highest BCUT2D eigenvalue weighted by Crippen LogP contribution is 2.39. The van der Waals surface area contributed by atoms with E-state index in [0.29, 0.717) is 30.7 Å². The van der Waals surface area contributed by atoms with Gasteiger partial charge in [0.1, 0.15) is 28.9 Å². The van der Waals surface area contributed by atoms with Gasteiger partial charge in [-0.3, -0.25) is 30.1 Å². The molecule has 1 unspecified atom stereocenters. The number of likely N-dealkylation sites (tertiary alicyclic amines) is 1. The van der Waals surface area contributed by atoms with Gasteiger partial charge in [-0.15, -0.1) is 0 Å². The lowest BCUT2D eigenvalue weighted by molar-refractivity contribution is -0.00942. The average molecular weight is 639 g/mol. The van der Waals surface area contributed by atoms with Crippen molar-refractivity contribution in [3.8, 4) is 5.75 Å². The van der Waals surface area contributed by atoms with Gasteiger partial charge in [0.2, 0.25) is 5.43 Å². The molecule has 14 heteroatoms. The summed E-state index contributed by atoms with van der Waals surface area (Å²) in [5.74, 6) is -3.05. The summed E-state index contributed by atoms with van der Waals surface area (Å²) in [6.45, 7) is 2.23. The van der Waals surface area contributed by atoms with Crippen molar-refractivity contribution in [2.75, 3.05) is 25.6 Å². The summed E-state index contributed by atoms with van der Waals surface area (Å²) >= 11 is 0.580. The van der Waals surface area contributed by atoms with Gasteiger partial charge >= 0.3 is 6.09 Å². The fraction of sp³-hybridized carbons (Fsp3) is 0.323. The number of ether oxygens (including phenoxy) is 1. The molecule has 3 N–H and O–H groups in total. The highest BCUT2D eigenvalue weighted by molar-refractivity contribution is 8.26. The van der Waals surface area contributed by atoms with E-state index in [2.05, 4.69) is 0 Å². The number of carbonyl (C=O) groups is 2. The summed E-state index contributed by atoms with van der Waals surface area (Å²) in [5, 5.41) is 28.8. The number of thioether (sulfide) groups is 1. The number of hydrogen-bond donors (Lipinski definition) is 3. The number of hydrogen-bond acceptors (Lipinski definition) is 9. The lowest BCUT2D eigenvalue weighted by atomic mass is 9.88. The van der Waals surface area contributed by atoms with Crippen molar-refractivity contribution >= 4 is 33.8 Å². The molecule has 5 rings (SSSR count). The Morgan fingerprint density at radius 2 is 1.84 bits per heavy atom. The van der Waals surface area contributed by atoms with Crippen molar-refractivity contribution in [1.29, 1.82) is 10.8 Å². The van der Waals surface area contributed by atoms with Crippen LogP contribution in [0.1, 0.15) is 46.9 Å². The number of aromatic nitrogens is 1. The molecule has 1 spiro atoms. The van der Waals surface area contributed by atoms with Crippen LogP contribution in [0.2, 0.25) is 0 Å². The maximum Gasteiger partial charge on any atom is 0.410 e. The first kappa shape index (κ1) is 31.7. The number of pyridine rings is 1. The lowest BCUT2D eigenvalue weighted by Crippen LogP contribution is -2.72. The van der Waals surface area contributed by atoms with E-state index in [1.807, 2.05) is 37.3 Å². The van der Waals surface area contributed by atoms with Crippen LogP contribution >= 0.6 is 11.8 Å². The highest BCUT2D eigenvalue weighted by atomic mass is 32.2. The molecule has 0 saturated carbocycles. The predicted molar refractivity (Wildman–Crippen MR) is 166 cm³/mol. The molecule has 3 aromatic rings. The van der Waals surface area contributed by atoms with Gasteiger partial charge < -0.3 is 19.6 Å². The Kier molecular flexibility index (Phi) is 8.70. The van der Waals surface area contributed by atoms with E-state index in [1.165, 1.54) is 21.8 Å². The topological polar surface area (TPSA) is 143 Å². The van der Waals surface area contributed by atoms with E-state index in [-0.39, 0.29) is 47.5 Å². The number of nitrogens with zero attached hydrogens (tertiary/aromatic N) is 4. The molecule has 0 radical (unpaired) electrons. The van der Waals surface area contributed by atoms with Crippen molar-refractivity contribution < 1.29 is 28.2 Å². The third kappa shape index (κ3) is 5.89. The molecule has 2 aliphatic heterocycles. The standard InChI is InChI=1S/C31H32F2N6O5S/c1-18-15-31(11-12-38(18)30(43)44-17-19-7-5-4-6-8-19)36(2)29(42)25-27(41)26(40)22(16-39(25)37(31)3)28(35)45-24(34)13-20-9-10-21(32)14-23(20)33/h4-10,14,16,18,34-35,41H,11-13,15,17H2,1-3H3/t18-,31?/m0/s1. The number of piperidine rings is 1. The zero-order chi connectivity index (χ0) is 32.6. The molecule has 1 fully saturated rings. The molecular weight excluding hydrogens is 606 g/mol. The smallest absolute Gasteiger partial charge is 0.410 e. The largest absolute Gasteiger partial charge is 0.502 e. The van der Waals surface area contributed by atoms with Gasteiger partial charge in [-0.25, -0.2) is 13.6 Å². The number of nitrogens with one attached hydrogen (secondary N) is 2. The normalized spacial score (nSPS) is 19.4. The molecule has 236 valence electrons. The molecule has 0 bridgehead atoms. The summed E-state index contributed by atoms with van der Waals surface area (Å²) < 4.78 is 34.3. The Morgan fingerprint density at radius 3 is 2.51 bits per heavy atom. The second-order valence-electron chi connectivity index (χ2n) is 11.1. The molecule has 3 heterocycles. The molecule has 2 aromatic carbocycles. The summed E-state index contributed by atoms with van der Waals surface area (Å²) in [5.41, 5.74) is -1.56. The van der Waals surface area contributed by atoms with Crippen LogP contribution < -0.4 is 10.4 Å². The van der Waals surface area contributed by atoms with E-state index < -0.39 is 45.5 Å². The van der Waals surface area contributed by atoms with E-state index in [1.54, 1.807) is 24.0 Å². The van der Waals surface area contributed by atoms with Crippen LogP contribution in [0.5, 0.6) is 5.75 Å². The molecule has 0 aliphatic carbocycles. The van der Waals surface area contributed by atoms with Crippen molar-refractivity contribution in [3.63, 3.8) is 0 Å². The number of aromatic hydroxyl groups is 1. The molecule has 1 saturated heterocycles. The van der Waals surface area contributed by atoms with Gasteiger partial charge in [-0.05, 0) is 24.1 Å². The number of carbonyl (C=O) groups excluding carboxylic acids is 2. The predicted octanol–water partition coefficient (Wildman–Crippen LogP) is 4.28. The fourth-order valence-electron chi connectivity index (χ4n) is 5.88. The van der Waals surface area contributed by atoms with E-state index in [9.17, 15) is 28.3 Å². The first-order valence-corrected chi connectivity index (χ1v) is 14.9. The van der Waals surface area contributed by atoms with Crippen molar-refractivity contribution in [3.05, 3.63) is 99.0 Å². The number of amides is 2. The Bertz CT molecular complexity index is 1750. The third-order valence-electron chi connectivity index (χ3n) is 8.40. The SMILES string of the molecule is C[C@H]1CC2(CCN1C(=O)OCc1ccccc1)N(C)C(=O)c1c(O)c(=O)c(C(=N)SC(=N)Cc3ccc(F)cc3F)cn1N2C. The minimum absolute atomic E-state index is 0.0476. The van der Waals surface area contributed by atoms with Gasteiger partial charge in [0.25, 0.3) is 5.91 Å². The van der Waals surface area contributed by atoms with E-state index >= 15 is 0 Å². The molecule has 11 nitrogen and oxygen atoms in total. The quantitative estimate of drug-likeness (QED) is 0.280. The molecule has 2 aliphatic rings. The Balaban J connectivity index is 1.36. The maximum absolute atomic E-state index is 14.1. The maximum atomic E-state index is 14.1. The number of benzene rings is 2. The lowest BCUT2D eigenvalue weighted by Gasteiger charge is -2.57. The van der Waals surface area contributed by atoms with Gasteiger partial charge in [-0.2, -0.15) is 0 Å². The van der Waals surface area contributed by atoms with Crippen molar-refractivity contribution in [2.45, 2.75) is 44.5 Å². The van der Waals surface area contributed by atoms with Crippen LogP contribution in [0.15, 0.2) is 59.5 Å². The molecular formula is C31H32F2N6O5S. The second kappa shape index (κ2) is 12.3. The van der Waals surface area contributed by atoms with Crippen molar-refractivity contribution in [2.24, 2.45) is 0 Å². The highest BCUT2D eigenvalue weighted by Gasteiger charge is 2.52. The summed E-state index contributed by atoms with van der Waals surface area (Å²) in [6, 6.07) is 11.9. The molecule has 2 amide bonds. The monoisotopic (exact) mass is 638 g/mol. The van der Waals surface area contributed by atoms with E-state index in [4.69, 9.17) is 15.6 Å². The first-order valence-electron chi connectivity index (χ1n) is 14.1. The second-order valence-corrected chi connectivity index (χ2v) is 12.2. The van der Waals surface area contributed by atoms with Gasteiger partial charge in [0, 0.05) is 58.2 Å². The number of halogens is 2. The third-order valence-corrected chi connectivity index (χ3v) is 9.22. The van der Waals surface area contributed by atoms with E-state index in [0.717, 1.165) is 11.6 Å². The summed E-state index contributed by atoms with van der Waals surface area (Å²) in [4.78, 5) is 42.8. The number of rotatable bonds is 5. The zero-order valence-electron chi connectivity index (χ0n) is 24.8. The zero-order valence-corrected chi connectivity index (χ0v) is 25.7. The Hall–Kier alpha value is -4.72. The van der Waals surface area contributed by atoms with Crippen LogP contribution in [0, 0.1) is 22.5 Å². The van der Waals surface area contributed by atoms with Crippen LogP contribution in [-0.2, 0) is 17.8 Å². The first-order chi connectivity index (χ1) is 21.3. The molecule has 45 heavy (non-hydrogen) atoms. The summed E-state index contributed by atoms with van der Waals surface area (Å²) in [7, 11) is 3.26. The van der Waals surface area contributed by atoms with Gasteiger partial charge in [0.05, 0.1) is 10.6 Å². The average Bonchev–Trinajstić information content (AvgIpc) is 3.01. The minimum Gasteiger partial charge on any atom is -0.502 e. The molecule has 2 atom stereocenters. The van der Waals surface area contributed by atoms with Gasteiger partial charge in [-0.1, -0.05) is 48.2 Å². The fourth-order valence-corrected chi connectivity index (χ4v) is 6.61. The molecule has 1 aromatic heterocycles. The number of fused-ring (bicyclic) bond motifs is 1. The summed E-state index contributed by atoms with van der Waals surface area (Å²) in [6.07, 6.45) is 1.18. The van der Waals surface area contributed by atoms with Gasteiger partial charge in [0.15, 0.2) is 11.4 Å². The Labute approximate surface area is 262 Å². The van der Waals surface area contributed by atoms with Crippen LogP contribution in [0.3, 0.4) is 0 Å². The van der Waals surface area contributed by atoms with Crippen LogP contribution in [0.4, 0.5) is 13.6 Å².